The number of fused-ring (bicyclic) bond motifs is 6. The lowest BCUT2D eigenvalue weighted by Gasteiger charge is -2.16. The Labute approximate surface area is 395 Å². The molecule has 13 rings (SSSR count). The van der Waals surface area contributed by atoms with Crippen LogP contribution in [0, 0.1) is 0 Å². The zero-order valence-corrected chi connectivity index (χ0v) is 37.2. The number of thiophene rings is 1. The molecule has 13 aromatic rings. The SMILES string of the molecule is c1ccc(-c2cccc(-c3nc(-c4ccccc4)nc(-c4ccc(-n5c6ccccc6c6cc7sc8ccccc8c7cc65)c(-c5nc(-c6ccccc6)nc(-c6ccccc6)n5)c4)n3)c2)cc1. The molecule has 0 fully saturated rings. The van der Waals surface area contributed by atoms with Crippen LogP contribution in [0.2, 0.25) is 0 Å². The Hall–Kier alpha value is -8.98. The molecular formula is C60H37N7S. The van der Waals surface area contributed by atoms with Crippen molar-refractivity contribution in [1.82, 2.24) is 34.5 Å². The molecule has 0 saturated carbocycles. The molecule has 4 aromatic heterocycles. The van der Waals surface area contributed by atoms with Crippen LogP contribution in [0.4, 0.5) is 0 Å². The molecule has 0 atom stereocenters. The summed E-state index contributed by atoms with van der Waals surface area (Å²) in [5.74, 6) is 3.35. The lowest BCUT2D eigenvalue weighted by molar-refractivity contribution is 1.06. The number of hydrogen-bond donors (Lipinski definition) is 0. The van der Waals surface area contributed by atoms with Gasteiger partial charge >= 0.3 is 0 Å². The highest BCUT2D eigenvalue weighted by molar-refractivity contribution is 7.25. The second-order valence-electron chi connectivity index (χ2n) is 16.7. The van der Waals surface area contributed by atoms with Gasteiger partial charge in [-0.2, -0.15) is 0 Å². The van der Waals surface area contributed by atoms with Crippen LogP contribution in [0.25, 0.3) is 127 Å². The smallest absolute Gasteiger partial charge is 0.166 e. The minimum absolute atomic E-state index is 0.524. The molecule has 9 aromatic carbocycles. The Kier molecular flexibility index (Phi) is 9.54. The van der Waals surface area contributed by atoms with Crippen LogP contribution in [-0.4, -0.2) is 34.5 Å². The first-order valence-corrected chi connectivity index (χ1v) is 23.3. The fourth-order valence-electron chi connectivity index (χ4n) is 9.24. The van der Waals surface area contributed by atoms with Crippen molar-refractivity contribution in [3.63, 3.8) is 0 Å². The van der Waals surface area contributed by atoms with Crippen LogP contribution in [0.1, 0.15) is 0 Å². The van der Waals surface area contributed by atoms with Crippen LogP contribution in [0.5, 0.6) is 0 Å². The van der Waals surface area contributed by atoms with Gasteiger partial charge in [0.25, 0.3) is 0 Å². The van der Waals surface area contributed by atoms with Crippen molar-refractivity contribution in [3.05, 3.63) is 224 Å². The summed E-state index contributed by atoms with van der Waals surface area (Å²) in [6, 6.07) is 77.5. The van der Waals surface area contributed by atoms with Crippen molar-refractivity contribution in [1.29, 1.82) is 0 Å². The van der Waals surface area contributed by atoms with E-state index in [2.05, 4.69) is 132 Å². The number of aromatic nitrogens is 7. The maximum atomic E-state index is 5.33. The van der Waals surface area contributed by atoms with Gasteiger partial charge < -0.3 is 4.57 Å². The van der Waals surface area contributed by atoms with Crippen molar-refractivity contribution < 1.29 is 0 Å². The minimum Gasteiger partial charge on any atom is -0.308 e. The zero-order chi connectivity index (χ0) is 45.0. The first kappa shape index (κ1) is 39.4. The molecule has 4 heterocycles. The summed E-state index contributed by atoms with van der Waals surface area (Å²) in [4.78, 5) is 31.3. The molecule has 7 nitrogen and oxygen atoms in total. The molecule has 0 aliphatic rings. The molecule has 0 bridgehead atoms. The molecule has 0 aliphatic carbocycles. The van der Waals surface area contributed by atoms with Crippen LogP contribution in [0.3, 0.4) is 0 Å². The summed E-state index contributed by atoms with van der Waals surface area (Å²) in [5.41, 5.74) is 10.4. The van der Waals surface area contributed by atoms with E-state index in [4.69, 9.17) is 29.9 Å². The lowest BCUT2D eigenvalue weighted by Crippen LogP contribution is -2.05. The highest BCUT2D eigenvalue weighted by atomic mass is 32.1. The highest BCUT2D eigenvalue weighted by Crippen LogP contribution is 2.43. The number of benzene rings is 9. The predicted octanol–water partition coefficient (Wildman–Crippen LogP) is 15.2. The van der Waals surface area contributed by atoms with E-state index in [0.29, 0.717) is 34.9 Å². The van der Waals surface area contributed by atoms with E-state index in [1.807, 2.05) is 108 Å². The first-order chi connectivity index (χ1) is 33.7. The number of para-hydroxylation sites is 1. The monoisotopic (exact) mass is 887 g/mol. The van der Waals surface area contributed by atoms with Gasteiger partial charge in [-0.25, -0.2) is 29.9 Å². The molecule has 0 radical (unpaired) electrons. The van der Waals surface area contributed by atoms with E-state index >= 15 is 0 Å². The Morgan fingerprint density at radius 2 is 0.735 bits per heavy atom. The molecule has 0 amide bonds. The van der Waals surface area contributed by atoms with E-state index in [1.54, 1.807) is 0 Å². The maximum Gasteiger partial charge on any atom is 0.166 e. The number of hydrogen-bond acceptors (Lipinski definition) is 7. The third-order valence-corrected chi connectivity index (χ3v) is 13.6. The molecule has 0 spiro atoms. The van der Waals surface area contributed by atoms with E-state index in [0.717, 1.165) is 66.6 Å². The lowest BCUT2D eigenvalue weighted by atomic mass is 10.0. The van der Waals surface area contributed by atoms with E-state index < -0.39 is 0 Å². The number of nitrogens with zero attached hydrogens (tertiary/aromatic N) is 7. The van der Waals surface area contributed by atoms with Gasteiger partial charge in [0.05, 0.1) is 16.7 Å². The molecule has 0 saturated heterocycles. The summed E-state index contributed by atoms with van der Waals surface area (Å²) in [6.45, 7) is 0. The van der Waals surface area contributed by atoms with Gasteiger partial charge in [0.1, 0.15) is 0 Å². The molecule has 0 N–H and O–H groups in total. The van der Waals surface area contributed by atoms with E-state index in [9.17, 15) is 0 Å². The maximum absolute atomic E-state index is 5.33. The average Bonchev–Trinajstić information content (AvgIpc) is 3.95. The van der Waals surface area contributed by atoms with Gasteiger partial charge in [-0.3, -0.25) is 0 Å². The Morgan fingerprint density at radius 3 is 1.35 bits per heavy atom. The summed E-state index contributed by atoms with van der Waals surface area (Å²) in [5, 5.41) is 4.80. The zero-order valence-electron chi connectivity index (χ0n) is 36.4. The van der Waals surface area contributed by atoms with Gasteiger partial charge in [0.15, 0.2) is 34.9 Å². The van der Waals surface area contributed by atoms with Crippen molar-refractivity contribution in [2.24, 2.45) is 0 Å². The predicted molar refractivity (Wildman–Crippen MR) is 278 cm³/mol. The Balaban J connectivity index is 1.09. The second kappa shape index (κ2) is 16.5. The third kappa shape index (κ3) is 6.99. The average molecular weight is 888 g/mol. The van der Waals surface area contributed by atoms with Crippen molar-refractivity contribution in [3.8, 4) is 85.1 Å². The number of rotatable bonds is 8. The summed E-state index contributed by atoms with van der Waals surface area (Å²) in [6.07, 6.45) is 0. The van der Waals surface area contributed by atoms with E-state index in [-0.39, 0.29) is 0 Å². The fourth-order valence-corrected chi connectivity index (χ4v) is 10.4. The van der Waals surface area contributed by atoms with Crippen molar-refractivity contribution >= 4 is 53.3 Å². The standard InChI is InChI=1S/C60H37N7S/c1-5-18-38(19-6-1)42-26-17-27-43(34-42)58-62-55(39-20-7-2-8-21-39)63-59(64-58)44-32-33-51(49(35-44)60-65-56(40-22-9-3-10-23-40)61-57(66-60)41-24-11-4-12-25-41)67-50-30-15-13-28-45(50)47-37-54-48(36-52(47)67)46-29-14-16-31-53(46)68-54/h1-37H. The van der Waals surface area contributed by atoms with Crippen LogP contribution >= 0.6 is 11.3 Å². The van der Waals surface area contributed by atoms with Crippen LogP contribution in [0.15, 0.2) is 224 Å². The fraction of sp³-hybridized carbons (Fsp3) is 0. The summed E-state index contributed by atoms with van der Waals surface area (Å²) >= 11 is 1.83. The van der Waals surface area contributed by atoms with Gasteiger partial charge in [-0.15, -0.1) is 11.3 Å². The van der Waals surface area contributed by atoms with Gasteiger partial charge in [-0.1, -0.05) is 176 Å². The Morgan fingerprint density at radius 1 is 0.265 bits per heavy atom. The summed E-state index contributed by atoms with van der Waals surface area (Å²) in [7, 11) is 0. The van der Waals surface area contributed by atoms with Crippen molar-refractivity contribution in [2.75, 3.05) is 0 Å². The first-order valence-electron chi connectivity index (χ1n) is 22.5. The van der Waals surface area contributed by atoms with Gasteiger partial charge in [0, 0.05) is 64.3 Å². The van der Waals surface area contributed by atoms with Crippen molar-refractivity contribution in [2.45, 2.75) is 0 Å². The van der Waals surface area contributed by atoms with Gasteiger partial charge in [0.2, 0.25) is 0 Å². The third-order valence-electron chi connectivity index (χ3n) is 12.5. The molecule has 318 valence electrons. The van der Waals surface area contributed by atoms with Crippen LogP contribution < -0.4 is 0 Å². The Bertz CT molecular complexity index is 3960. The molecule has 0 unspecified atom stereocenters. The minimum atomic E-state index is 0.524. The quantitative estimate of drug-likeness (QED) is 0.151. The molecule has 8 heteroatoms. The summed E-state index contributed by atoms with van der Waals surface area (Å²) < 4.78 is 4.89. The molecule has 0 aliphatic heterocycles. The molecule has 68 heavy (non-hydrogen) atoms. The normalized spacial score (nSPS) is 11.5. The van der Waals surface area contributed by atoms with Crippen LogP contribution in [-0.2, 0) is 0 Å². The molecular weight excluding hydrogens is 851 g/mol. The largest absolute Gasteiger partial charge is 0.308 e. The topological polar surface area (TPSA) is 82.3 Å². The highest BCUT2D eigenvalue weighted by Gasteiger charge is 2.23. The van der Waals surface area contributed by atoms with Gasteiger partial charge in [-0.05, 0) is 59.7 Å². The second-order valence-corrected chi connectivity index (χ2v) is 17.8. The van der Waals surface area contributed by atoms with E-state index in [1.165, 1.54) is 25.6 Å².